The van der Waals surface area contributed by atoms with Crippen molar-refractivity contribution in [3.05, 3.63) is 35.9 Å². The zero-order valence-corrected chi connectivity index (χ0v) is 10.8. The average Bonchev–Trinajstić information content (AvgIpc) is 2.34. The molecule has 1 amide bonds. The first-order valence-electron chi connectivity index (χ1n) is 6.15. The number of nitrogens with zero attached hydrogens (tertiary/aromatic N) is 1. The summed E-state index contributed by atoms with van der Waals surface area (Å²) >= 11 is 0. The number of benzene rings is 1. The SMILES string of the molecule is CN(C)C(=O)CNCCCCc1ccccc1. The molecule has 1 aromatic rings. The van der Waals surface area contributed by atoms with Gasteiger partial charge in [-0.15, -0.1) is 0 Å². The van der Waals surface area contributed by atoms with E-state index < -0.39 is 0 Å². The summed E-state index contributed by atoms with van der Waals surface area (Å²) in [5.41, 5.74) is 1.39. The fraction of sp³-hybridized carbons (Fsp3) is 0.500. The van der Waals surface area contributed by atoms with Crippen LogP contribution in [0.2, 0.25) is 0 Å². The molecule has 0 atom stereocenters. The Morgan fingerprint density at radius 2 is 1.88 bits per heavy atom. The molecular formula is C14H22N2O. The van der Waals surface area contributed by atoms with E-state index in [1.54, 1.807) is 19.0 Å². The topological polar surface area (TPSA) is 32.3 Å². The number of likely N-dealkylation sites (N-methyl/N-ethyl adjacent to an activating group) is 1. The number of carbonyl (C=O) groups is 1. The molecule has 0 fully saturated rings. The Morgan fingerprint density at radius 1 is 1.18 bits per heavy atom. The summed E-state index contributed by atoms with van der Waals surface area (Å²) in [7, 11) is 3.55. The number of aryl methyl sites for hydroxylation is 1. The fourth-order valence-corrected chi connectivity index (χ4v) is 1.58. The number of unbranched alkanes of at least 4 members (excludes halogenated alkanes) is 1. The van der Waals surface area contributed by atoms with Crippen LogP contribution in [0.25, 0.3) is 0 Å². The Balaban J connectivity index is 2.00. The standard InChI is InChI=1S/C14H22N2O/c1-16(2)14(17)12-15-11-7-6-10-13-8-4-3-5-9-13/h3-5,8-9,15H,6-7,10-12H2,1-2H3. The predicted octanol–water partition coefficient (Wildman–Crippen LogP) is 1.69. The molecule has 0 heterocycles. The predicted molar refractivity (Wildman–Crippen MR) is 70.9 cm³/mol. The zero-order chi connectivity index (χ0) is 12.5. The largest absolute Gasteiger partial charge is 0.348 e. The zero-order valence-electron chi connectivity index (χ0n) is 10.8. The fourth-order valence-electron chi connectivity index (χ4n) is 1.58. The van der Waals surface area contributed by atoms with Gasteiger partial charge >= 0.3 is 0 Å². The Morgan fingerprint density at radius 3 is 2.53 bits per heavy atom. The monoisotopic (exact) mass is 234 g/mol. The van der Waals surface area contributed by atoms with Gasteiger partial charge in [0, 0.05) is 14.1 Å². The molecule has 0 unspecified atom stereocenters. The lowest BCUT2D eigenvalue weighted by molar-refractivity contribution is -0.127. The summed E-state index contributed by atoms with van der Waals surface area (Å²) in [5.74, 6) is 0.132. The van der Waals surface area contributed by atoms with Gasteiger partial charge in [-0.25, -0.2) is 0 Å². The molecule has 0 saturated carbocycles. The maximum atomic E-state index is 11.3. The molecule has 0 radical (unpaired) electrons. The minimum absolute atomic E-state index is 0.132. The van der Waals surface area contributed by atoms with Crippen molar-refractivity contribution in [3.63, 3.8) is 0 Å². The van der Waals surface area contributed by atoms with Crippen LogP contribution in [0.15, 0.2) is 30.3 Å². The molecule has 0 aliphatic carbocycles. The highest BCUT2D eigenvalue weighted by Gasteiger charge is 2.01. The van der Waals surface area contributed by atoms with Crippen molar-refractivity contribution in [1.82, 2.24) is 10.2 Å². The lowest BCUT2D eigenvalue weighted by Gasteiger charge is -2.10. The van der Waals surface area contributed by atoms with Gasteiger partial charge in [0.25, 0.3) is 0 Å². The van der Waals surface area contributed by atoms with Crippen molar-refractivity contribution >= 4 is 5.91 Å². The first kappa shape index (κ1) is 13.7. The number of nitrogens with one attached hydrogen (secondary N) is 1. The summed E-state index contributed by atoms with van der Waals surface area (Å²) in [5, 5.41) is 3.16. The van der Waals surface area contributed by atoms with E-state index >= 15 is 0 Å². The molecule has 3 heteroatoms. The Kier molecular flexibility index (Phi) is 6.33. The van der Waals surface area contributed by atoms with E-state index in [-0.39, 0.29) is 5.91 Å². The molecule has 0 aromatic heterocycles. The minimum atomic E-state index is 0.132. The molecule has 1 aromatic carbocycles. The van der Waals surface area contributed by atoms with Crippen molar-refractivity contribution in [1.29, 1.82) is 0 Å². The van der Waals surface area contributed by atoms with Gasteiger partial charge in [0.2, 0.25) is 5.91 Å². The molecular weight excluding hydrogens is 212 g/mol. The van der Waals surface area contributed by atoms with Crippen LogP contribution in [0.3, 0.4) is 0 Å². The van der Waals surface area contributed by atoms with Crippen LogP contribution in [0.1, 0.15) is 18.4 Å². The molecule has 1 N–H and O–H groups in total. The van der Waals surface area contributed by atoms with Crippen molar-refractivity contribution in [2.24, 2.45) is 0 Å². The third-order valence-corrected chi connectivity index (χ3v) is 2.69. The summed E-state index contributed by atoms with van der Waals surface area (Å²) in [6.45, 7) is 1.35. The van der Waals surface area contributed by atoms with E-state index in [0.717, 1.165) is 25.8 Å². The van der Waals surface area contributed by atoms with Crippen LogP contribution in [0.5, 0.6) is 0 Å². The van der Waals surface area contributed by atoms with Gasteiger partial charge in [-0.3, -0.25) is 4.79 Å². The molecule has 0 spiro atoms. The number of hydrogen-bond donors (Lipinski definition) is 1. The van der Waals surface area contributed by atoms with Crippen LogP contribution in [-0.4, -0.2) is 38.0 Å². The smallest absolute Gasteiger partial charge is 0.236 e. The van der Waals surface area contributed by atoms with Crippen molar-refractivity contribution in [2.45, 2.75) is 19.3 Å². The van der Waals surface area contributed by atoms with Gasteiger partial charge in [0.1, 0.15) is 0 Å². The van der Waals surface area contributed by atoms with E-state index in [9.17, 15) is 4.79 Å². The number of carbonyl (C=O) groups excluding carboxylic acids is 1. The maximum Gasteiger partial charge on any atom is 0.236 e. The number of hydrogen-bond acceptors (Lipinski definition) is 2. The van der Waals surface area contributed by atoms with Gasteiger partial charge in [-0.1, -0.05) is 30.3 Å². The van der Waals surface area contributed by atoms with Gasteiger partial charge in [-0.2, -0.15) is 0 Å². The van der Waals surface area contributed by atoms with E-state index in [4.69, 9.17) is 0 Å². The number of amides is 1. The second-order valence-electron chi connectivity index (χ2n) is 4.41. The molecule has 0 aliphatic rings. The molecule has 0 saturated heterocycles. The van der Waals surface area contributed by atoms with E-state index in [0.29, 0.717) is 6.54 Å². The summed E-state index contributed by atoms with van der Waals surface area (Å²) in [4.78, 5) is 12.9. The summed E-state index contributed by atoms with van der Waals surface area (Å²) in [6.07, 6.45) is 3.38. The van der Waals surface area contributed by atoms with E-state index in [2.05, 4.69) is 29.6 Å². The molecule has 3 nitrogen and oxygen atoms in total. The van der Waals surface area contributed by atoms with Gasteiger partial charge < -0.3 is 10.2 Å². The first-order valence-corrected chi connectivity index (χ1v) is 6.15. The Hall–Kier alpha value is -1.35. The van der Waals surface area contributed by atoms with Crippen LogP contribution in [-0.2, 0) is 11.2 Å². The Bertz CT molecular complexity index is 322. The molecule has 94 valence electrons. The summed E-state index contributed by atoms with van der Waals surface area (Å²) in [6, 6.07) is 10.5. The van der Waals surface area contributed by atoms with Crippen molar-refractivity contribution in [3.8, 4) is 0 Å². The Labute approximate surface area is 104 Å². The van der Waals surface area contributed by atoms with Crippen LogP contribution >= 0.6 is 0 Å². The summed E-state index contributed by atoms with van der Waals surface area (Å²) < 4.78 is 0. The van der Waals surface area contributed by atoms with Crippen LogP contribution in [0.4, 0.5) is 0 Å². The highest BCUT2D eigenvalue weighted by atomic mass is 16.2. The second-order valence-corrected chi connectivity index (χ2v) is 4.41. The molecule has 0 aliphatic heterocycles. The third-order valence-electron chi connectivity index (χ3n) is 2.69. The maximum absolute atomic E-state index is 11.3. The molecule has 17 heavy (non-hydrogen) atoms. The second kappa shape index (κ2) is 7.85. The van der Waals surface area contributed by atoms with Crippen LogP contribution < -0.4 is 5.32 Å². The van der Waals surface area contributed by atoms with Gasteiger partial charge in [0.05, 0.1) is 6.54 Å². The first-order chi connectivity index (χ1) is 8.20. The highest BCUT2D eigenvalue weighted by molar-refractivity contribution is 5.77. The molecule has 0 bridgehead atoms. The lowest BCUT2D eigenvalue weighted by atomic mass is 10.1. The third kappa shape index (κ3) is 6.07. The van der Waals surface area contributed by atoms with Gasteiger partial charge in [-0.05, 0) is 31.4 Å². The van der Waals surface area contributed by atoms with E-state index in [1.165, 1.54) is 5.56 Å². The van der Waals surface area contributed by atoms with Crippen LogP contribution in [0, 0.1) is 0 Å². The lowest BCUT2D eigenvalue weighted by Crippen LogP contribution is -2.33. The van der Waals surface area contributed by atoms with Crippen molar-refractivity contribution in [2.75, 3.05) is 27.2 Å². The normalized spacial score (nSPS) is 10.2. The number of rotatable bonds is 7. The van der Waals surface area contributed by atoms with Gasteiger partial charge in [0.15, 0.2) is 0 Å². The van der Waals surface area contributed by atoms with Crippen molar-refractivity contribution < 1.29 is 4.79 Å². The quantitative estimate of drug-likeness (QED) is 0.728. The van der Waals surface area contributed by atoms with E-state index in [1.807, 2.05) is 6.07 Å². The molecule has 1 rings (SSSR count). The average molecular weight is 234 g/mol. The highest BCUT2D eigenvalue weighted by Crippen LogP contribution is 2.03. The minimum Gasteiger partial charge on any atom is -0.348 e.